The Morgan fingerprint density at radius 2 is 1.47 bits per heavy atom. The van der Waals surface area contributed by atoms with Crippen LogP contribution in [-0.4, -0.2) is 41.9 Å². The number of piperidine rings is 2. The molecule has 2 aliphatic rings. The summed E-state index contributed by atoms with van der Waals surface area (Å²) in [4.78, 5) is 17.8. The predicted octanol–water partition coefficient (Wildman–Crippen LogP) is 6.40. The molecule has 4 heteroatoms. The molecule has 3 aromatic rings. The number of hydrogen-bond donors (Lipinski definition) is 0. The molecule has 188 valence electrons. The Balaban J connectivity index is 1.14. The van der Waals surface area contributed by atoms with Crippen molar-refractivity contribution in [2.75, 3.05) is 26.2 Å². The van der Waals surface area contributed by atoms with Gasteiger partial charge in [0.1, 0.15) is 12.4 Å². The number of aryl methyl sites for hydroxylation is 1. The van der Waals surface area contributed by atoms with Crippen LogP contribution in [0.2, 0.25) is 0 Å². The summed E-state index contributed by atoms with van der Waals surface area (Å²) in [6.45, 7) is 9.64. The molecule has 0 aliphatic carbocycles. The van der Waals surface area contributed by atoms with Crippen molar-refractivity contribution in [1.82, 2.24) is 9.80 Å². The second-order valence-corrected chi connectivity index (χ2v) is 10.7. The van der Waals surface area contributed by atoms with Gasteiger partial charge in [0.05, 0.1) is 0 Å². The highest BCUT2D eigenvalue weighted by Crippen LogP contribution is 2.42. The molecule has 0 N–H and O–H groups in total. The van der Waals surface area contributed by atoms with Crippen molar-refractivity contribution in [3.63, 3.8) is 0 Å². The quantitative estimate of drug-likeness (QED) is 0.407. The minimum Gasteiger partial charge on any atom is -0.489 e. The van der Waals surface area contributed by atoms with Crippen LogP contribution in [0.15, 0.2) is 72.8 Å². The third-order valence-corrected chi connectivity index (χ3v) is 8.47. The zero-order valence-electron chi connectivity index (χ0n) is 21.7. The van der Waals surface area contributed by atoms with Crippen LogP contribution in [0, 0.1) is 19.3 Å². The first-order valence-electron chi connectivity index (χ1n) is 13.4. The Morgan fingerprint density at radius 1 is 0.806 bits per heavy atom. The summed E-state index contributed by atoms with van der Waals surface area (Å²) in [7, 11) is 0. The molecule has 0 atom stereocenters. The number of para-hydroxylation sites is 1. The van der Waals surface area contributed by atoms with E-state index in [4.69, 9.17) is 4.74 Å². The number of amides is 1. The smallest absolute Gasteiger partial charge is 0.254 e. The largest absolute Gasteiger partial charge is 0.489 e. The number of carbonyl (C=O) groups is 1. The lowest BCUT2D eigenvalue weighted by Crippen LogP contribution is -2.48. The highest BCUT2D eigenvalue weighted by atomic mass is 16.5. The number of likely N-dealkylation sites (tertiary alicyclic amines) is 2. The lowest BCUT2D eigenvalue weighted by atomic mass is 9.71. The van der Waals surface area contributed by atoms with Crippen molar-refractivity contribution in [1.29, 1.82) is 0 Å². The molecule has 4 nitrogen and oxygen atoms in total. The molecule has 0 bridgehead atoms. The van der Waals surface area contributed by atoms with E-state index in [1.54, 1.807) is 0 Å². The Kier molecular flexibility index (Phi) is 7.43. The Hall–Kier alpha value is -3.11. The Bertz CT molecular complexity index is 1170. The monoisotopic (exact) mass is 482 g/mol. The van der Waals surface area contributed by atoms with E-state index < -0.39 is 0 Å². The van der Waals surface area contributed by atoms with Gasteiger partial charge in [0.25, 0.3) is 5.91 Å². The second kappa shape index (κ2) is 10.9. The number of ether oxygens (including phenoxy) is 1. The maximum atomic E-state index is 13.2. The highest BCUT2D eigenvalue weighted by molar-refractivity contribution is 5.96. The van der Waals surface area contributed by atoms with Gasteiger partial charge in [-0.25, -0.2) is 0 Å². The highest BCUT2D eigenvalue weighted by Gasteiger charge is 2.38. The van der Waals surface area contributed by atoms with E-state index in [0.717, 1.165) is 62.4 Å². The summed E-state index contributed by atoms with van der Waals surface area (Å²) in [5.74, 6) is 1.19. The zero-order valence-corrected chi connectivity index (χ0v) is 21.7. The van der Waals surface area contributed by atoms with Gasteiger partial charge in [-0.15, -0.1) is 0 Å². The van der Waals surface area contributed by atoms with Gasteiger partial charge < -0.3 is 9.64 Å². The molecular formula is C32H38N2O2. The van der Waals surface area contributed by atoms with Crippen LogP contribution < -0.4 is 4.74 Å². The van der Waals surface area contributed by atoms with E-state index in [2.05, 4.69) is 78.2 Å². The summed E-state index contributed by atoms with van der Waals surface area (Å²) in [5, 5.41) is 0. The van der Waals surface area contributed by atoms with Gasteiger partial charge in [-0.05, 0) is 86.9 Å². The normalized spacial score (nSPS) is 17.8. The average molecular weight is 483 g/mol. The number of nitrogens with zero attached hydrogens (tertiary/aromatic N) is 2. The van der Waals surface area contributed by atoms with Crippen LogP contribution in [0.4, 0.5) is 0 Å². The van der Waals surface area contributed by atoms with Crippen LogP contribution in [0.1, 0.15) is 58.3 Å². The summed E-state index contributed by atoms with van der Waals surface area (Å²) in [6.07, 6.45) is 4.67. The lowest BCUT2D eigenvalue weighted by Gasteiger charge is -2.47. The van der Waals surface area contributed by atoms with E-state index >= 15 is 0 Å². The molecule has 3 aromatic carbocycles. The van der Waals surface area contributed by atoms with E-state index in [-0.39, 0.29) is 5.91 Å². The van der Waals surface area contributed by atoms with E-state index in [0.29, 0.717) is 12.0 Å². The molecule has 36 heavy (non-hydrogen) atoms. The summed E-state index contributed by atoms with van der Waals surface area (Å²) in [6, 6.07) is 24.9. The molecule has 2 saturated heterocycles. The van der Waals surface area contributed by atoms with Gasteiger partial charge in [0.15, 0.2) is 0 Å². The third kappa shape index (κ3) is 5.49. The standard InChI is InChI=1S/C32H38N2O2/c1-25-9-8-13-29(26(25)2)31(35)34-21-17-32(18-22-34)15-19-33(20-16-32)23-28-12-6-7-14-30(28)36-24-27-10-4-3-5-11-27/h3-14H,15-24H2,1-2H3. The van der Waals surface area contributed by atoms with Gasteiger partial charge in [-0.2, -0.15) is 0 Å². The minimum absolute atomic E-state index is 0.204. The van der Waals surface area contributed by atoms with Crippen LogP contribution in [0.25, 0.3) is 0 Å². The molecule has 5 rings (SSSR count). The maximum Gasteiger partial charge on any atom is 0.254 e. The number of rotatable bonds is 6. The molecule has 0 saturated carbocycles. The third-order valence-electron chi connectivity index (χ3n) is 8.47. The summed E-state index contributed by atoms with van der Waals surface area (Å²) < 4.78 is 6.20. The molecule has 1 spiro atoms. The fourth-order valence-corrected chi connectivity index (χ4v) is 5.77. The average Bonchev–Trinajstić information content (AvgIpc) is 2.92. The molecule has 2 heterocycles. The van der Waals surface area contributed by atoms with E-state index in [1.807, 2.05) is 18.2 Å². The lowest BCUT2D eigenvalue weighted by molar-refractivity contribution is 0.0283. The first-order chi connectivity index (χ1) is 17.5. The SMILES string of the molecule is Cc1cccc(C(=O)N2CCC3(CCN(Cc4ccccc4OCc4ccccc4)CC3)CC2)c1C. The maximum absolute atomic E-state index is 13.2. The Labute approximate surface area is 215 Å². The first-order valence-corrected chi connectivity index (χ1v) is 13.4. The van der Waals surface area contributed by atoms with Gasteiger partial charge in [-0.1, -0.05) is 60.7 Å². The van der Waals surface area contributed by atoms with Crippen LogP contribution >= 0.6 is 0 Å². The van der Waals surface area contributed by atoms with Crippen molar-refractivity contribution in [3.8, 4) is 5.75 Å². The van der Waals surface area contributed by atoms with Crippen molar-refractivity contribution in [2.24, 2.45) is 5.41 Å². The molecule has 2 fully saturated rings. The fraction of sp³-hybridized carbons (Fsp3) is 0.406. The first kappa shape index (κ1) is 24.6. The number of hydrogen-bond acceptors (Lipinski definition) is 3. The molecule has 0 aromatic heterocycles. The molecule has 0 radical (unpaired) electrons. The zero-order chi connectivity index (χ0) is 25.0. The second-order valence-electron chi connectivity index (χ2n) is 10.7. The topological polar surface area (TPSA) is 32.8 Å². The Morgan fingerprint density at radius 3 is 2.22 bits per heavy atom. The van der Waals surface area contributed by atoms with Crippen molar-refractivity contribution >= 4 is 5.91 Å². The van der Waals surface area contributed by atoms with E-state index in [1.165, 1.54) is 29.5 Å². The van der Waals surface area contributed by atoms with Gasteiger partial charge >= 0.3 is 0 Å². The van der Waals surface area contributed by atoms with E-state index in [9.17, 15) is 4.79 Å². The number of carbonyl (C=O) groups excluding carboxylic acids is 1. The summed E-state index contributed by atoms with van der Waals surface area (Å²) in [5.41, 5.74) is 6.01. The summed E-state index contributed by atoms with van der Waals surface area (Å²) >= 11 is 0. The molecule has 2 aliphatic heterocycles. The van der Waals surface area contributed by atoms with Gasteiger partial charge in [-0.3, -0.25) is 9.69 Å². The van der Waals surface area contributed by atoms with Crippen LogP contribution in [-0.2, 0) is 13.2 Å². The molecule has 1 amide bonds. The van der Waals surface area contributed by atoms with Crippen LogP contribution in [0.5, 0.6) is 5.75 Å². The van der Waals surface area contributed by atoms with Crippen molar-refractivity contribution in [3.05, 3.63) is 101 Å². The number of benzene rings is 3. The van der Waals surface area contributed by atoms with Crippen molar-refractivity contribution < 1.29 is 9.53 Å². The van der Waals surface area contributed by atoms with Gasteiger partial charge in [0.2, 0.25) is 0 Å². The van der Waals surface area contributed by atoms with Gasteiger partial charge in [0, 0.05) is 30.8 Å². The molecular weight excluding hydrogens is 444 g/mol. The predicted molar refractivity (Wildman–Crippen MR) is 145 cm³/mol. The molecule has 0 unspecified atom stereocenters. The minimum atomic E-state index is 0.204. The fourth-order valence-electron chi connectivity index (χ4n) is 5.77. The van der Waals surface area contributed by atoms with Crippen molar-refractivity contribution in [2.45, 2.75) is 52.7 Å². The van der Waals surface area contributed by atoms with Crippen LogP contribution in [0.3, 0.4) is 0 Å².